The maximum atomic E-state index is 12.6. The molecule has 2 amide bonds. The van der Waals surface area contributed by atoms with Crippen LogP contribution in [0.5, 0.6) is 0 Å². The summed E-state index contributed by atoms with van der Waals surface area (Å²) in [7, 11) is 1.67. The summed E-state index contributed by atoms with van der Waals surface area (Å²) in [5.41, 5.74) is 2.87. The summed E-state index contributed by atoms with van der Waals surface area (Å²) in [6, 6.07) is 26.9. The zero-order chi connectivity index (χ0) is 23.7. The van der Waals surface area contributed by atoms with Crippen LogP contribution in [-0.2, 0) is 5.54 Å². The van der Waals surface area contributed by atoms with Crippen molar-refractivity contribution >= 4 is 29.2 Å². The highest BCUT2D eigenvalue weighted by molar-refractivity contribution is 6.32. The second-order valence-electron chi connectivity index (χ2n) is 9.34. The lowest BCUT2D eigenvalue weighted by molar-refractivity contribution is 0.0476. The van der Waals surface area contributed by atoms with Crippen LogP contribution in [0.15, 0.2) is 78.9 Å². The Morgan fingerprint density at radius 2 is 1.35 bits per heavy atom. The largest absolute Gasteiger partial charge is 0.341 e. The van der Waals surface area contributed by atoms with E-state index in [2.05, 4.69) is 39.8 Å². The van der Waals surface area contributed by atoms with Crippen LogP contribution in [0.2, 0.25) is 10.0 Å². The average molecular weight is 494 g/mol. The lowest BCUT2D eigenvalue weighted by Crippen LogP contribution is -2.59. The number of benzene rings is 3. The van der Waals surface area contributed by atoms with E-state index in [-0.39, 0.29) is 24.2 Å². The van der Waals surface area contributed by atoms with Gasteiger partial charge >= 0.3 is 6.03 Å². The topological polar surface area (TPSA) is 44.4 Å². The molecule has 0 aliphatic carbocycles. The Balaban J connectivity index is 1.58. The van der Waals surface area contributed by atoms with Gasteiger partial charge in [0, 0.05) is 29.2 Å². The number of hydrogen-bond acceptors (Lipinski definition) is 2. The Hall–Kier alpha value is -2.53. The molecule has 0 saturated carbocycles. The first kappa shape index (κ1) is 23.2. The van der Waals surface area contributed by atoms with Crippen LogP contribution in [0.4, 0.5) is 4.79 Å². The predicted octanol–water partition coefficient (Wildman–Crippen LogP) is 6.53. The fraction of sp³-hybridized carbons (Fsp3) is 0.321. The number of halogens is 2. The molecule has 0 radical (unpaired) electrons. The third kappa shape index (κ3) is 4.19. The van der Waals surface area contributed by atoms with Gasteiger partial charge in [0.05, 0.1) is 11.6 Å². The molecule has 2 N–H and O–H groups in total. The molecule has 2 aliphatic rings. The van der Waals surface area contributed by atoms with E-state index >= 15 is 0 Å². The second-order valence-corrected chi connectivity index (χ2v) is 10.2. The summed E-state index contributed by atoms with van der Waals surface area (Å²) in [5.74, 6) is 0. The molecule has 0 aromatic heterocycles. The Bertz CT molecular complexity index is 1110. The molecular formula is C28H29Cl2N3O. The predicted molar refractivity (Wildman–Crippen MR) is 138 cm³/mol. The molecule has 2 heterocycles. The lowest BCUT2D eigenvalue weighted by atomic mass is 9.76. The number of carbonyl (C=O) groups excluding carboxylic acids is 1. The van der Waals surface area contributed by atoms with E-state index in [9.17, 15) is 4.79 Å². The van der Waals surface area contributed by atoms with E-state index in [1.54, 1.807) is 7.05 Å². The van der Waals surface area contributed by atoms with Crippen molar-refractivity contribution in [2.75, 3.05) is 7.05 Å². The minimum Gasteiger partial charge on any atom is -0.341 e. The van der Waals surface area contributed by atoms with Crippen LogP contribution < -0.4 is 10.6 Å². The smallest absolute Gasteiger partial charge is 0.315 e. The molecule has 34 heavy (non-hydrogen) atoms. The maximum absolute atomic E-state index is 12.6. The fourth-order valence-corrected chi connectivity index (χ4v) is 6.51. The zero-order valence-corrected chi connectivity index (χ0v) is 20.7. The Kier molecular flexibility index (Phi) is 6.57. The molecule has 6 heteroatoms. The van der Waals surface area contributed by atoms with Crippen molar-refractivity contribution in [3.63, 3.8) is 0 Å². The number of piperidine rings is 1. The van der Waals surface area contributed by atoms with Crippen LogP contribution in [-0.4, -0.2) is 30.1 Å². The normalized spacial score (nSPS) is 24.2. The Morgan fingerprint density at radius 3 is 1.85 bits per heavy atom. The number of amides is 2. The molecule has 3 aromatic rings. The first-order valence-corrected chi connectivity index (χ1v) is 12.6. The van der Waals surface area contributed by atoms with Gasteiger partial charge in [-0.05, 0) is 54.5 Å². The lowest BCUT2D eigenvalue weighted by Gasteiger charge is -2.50. The molecule has 2 unspecified atom stereocenters. The summed E-state index contributed by atoms with van der Waals surface area (Å²) >= 11 is 13.5. The van der Waals surface area contributed by atoms with Crippen molar-refractivity contribution in [1.82, 2.24) is 15.5 Å². The second kappa shape index (κ2) is 9.61. The monoisotopic (exact) mass is 493 g/mol. The standard InChI is InChI=1S/C28H29Cl2N3O/c1-31-27(34)32-28(19-9-3-2-4-10-19)17-20-15-16-21(18-28)33(20)26(22-11-5-7-13-24(22)29)23-12-6-8-14-25(23)30/h2-14,20-21,26H,15-18H2,1H3,(H2,31,32,34). The zero-order valence-electron chi connectivity index (χ0n) is 19.2. The number of carbonyl (C=O) groups is 1. The summed E-state index contributed by atoms with van der Waals surface area (Å²) < 4.78 is 0. The Morgan fingerprint density at radius 1 is 0.853 bits per heavy atom. The van der Waals surface area contributed by atoms with E-state index < -0.39 is 5.54 Å². The summed E-state index contributed by atoms with van der Waals surface area (Å²) in [6.45, 7) is 0. The summed E-state index contributed by atoms with van der Waals surface area (Å²) in [6.07, 6.45) is 3.79. The third-order valence-electron chi connectivity index (χ3n) is 7.45. The van der Waals surface area contributed by atoms with Gasteiger partial charge < -0.3 is 10.6 Å². The quantitative estimate of drug-likeness (QED) is 0.423. The first-order chi connectivity index (χ1) is 16.5. The minimum absolute atomic E-state index is 0.0475. The van der Waals surface area contributed by atoms with Gasteiger partial charge in [-0.15, -0.1) is 0 Å². The van der Waals surface area contributed by atoms with Gasteiger partial charge in [0.1, 0.15) is 0 Å². The highest BCUT2D eigenvalue weighted by Gasteiger charge is 2.52. The maximum Gasteiger partial charge on any atom is 0.315 e. The highest BCUT2D eigenvalue weighted by atomic mass is 35.5. The number of urea groups is 1. The van der Waals surface area contributed by atoms with Gasteiger partial charge in [-0.25, -0.2) is 4.79 Å². The minimum atomic E-state index is -0.421. The van der Waals surface area contributed by atoms with E-state index in [1.807, 2.05) is 54.6 Å². The molecule has 176 valence electrons. The molecule has 2 bridgehead atoms. The van der Waals surface area contributed by atoms with Gasteiger partial charge in [0.25, 0.3) is 0 Å². The molecule has 2 fully saturated rings. The van der Waals surface area contributed by atoms with Gasteiger partial charge in [-0.1, -0.05) is 89.9 Å². The number of rotatable bonds is 5. The number of fused-ring (bicyclic) bond motifs is 2. The Labute approximate surface area is 211 Å². The highest BCUT2D eigenvalue weighted by Crippen LogP contribution is 2.51. The molecule has 2 atom stereocenters. The molecule has 0 spiro atoms. The molecular weight excluding hydrogens is 465 g/mol. The summed E-state index contributed by atoms with van der Waals surface area (Å²) in [5, 5.41) is 7.58. The van der Waals surface area contributed by atoms with Crippen LogP contribution in [0, 0.1) is 0 Å². The molecule has 5 rings (SSSR count). The van der Waals surface area contributed by atoms with Crippen LogP contribution >= 0.6 is 23.2 Å². The van der Waals surface area contributed by atoms with Crippen LogP contribution in [0.3, 0.4) is 0 Å². The summed E-state index contributed by atoms with van der Waals surface area (Å²) in [4.78, 5) is 15.2. The van der Waals surface area contributed by atoms with Gasteiger partial charge in [-0.3, -0.25) is 4.90 Å². The van der Waals surface area contributed by atoms with Crippen molar-refractivity contribution in [1.29, 1.82) is 0 Å². The number of nitrogens with one attached hydrogen (secondary N) is 2. The SMILES string of the molecule is CNC(=O)NC1(c2ccccc2)CC2CCC(C1)N2C(c1ccccc1Cl)c1ccccc1Cl. The van der Waals surface area contributed by atoms with Crippen molar-refractivity contribution in [3.8, 4) is 0 Å². The third-order valence-corrected chi connectivity index (χ3v) is 8.14. The van der Waals surface area contributed by atoms with Crippen LogP contribution in [0.1, 0.15) is 48.4 Å². The molecule has 2 aliphatic heterocycles. The van der Waals surface area contributed by atoms with E-state index in [1.165, 1.54) is 0 Å². The van der Waals surface area contributed by atoms with Crippen LogP contribution in [0.25, 0.3) is 0 Å². The number of hydrogen-bond donors (Lipinski definition) is 2. The van der Waals surface area contributed by atoms with Crippen molar-refractivity contribution in [2.45, 2.75) is 49.3 Å². The van der Waals surface area contributed by atoms with E-state index in [0.717, 1.165) is 52.4 Å². The van der Waals surface area contributed by atoms with Crippen molar-refractivity contribution < 1.29 is 4.79 Å². The first-order valence-electron chi connectivity index (χ1n) is 11.8. The molecule has 2 saturated heterocycles. The van der Waals surface area contributed by atoms with Crippen molar-refractivity contribution in [3.05, 3.63) is 106 Å². The van der Waals surface area contributed by atoms with Crippen molar-refractivity contribution in [2.24, 2.45) is 0 Å². The van der Waals surface area contributed by atoms with E-state index in [4.69, 9.17) is 23.2 Å². The number of nitrogens with zero attached hydrogens (tertiary/aromatic N) is 1. The fourth-order valence-electron chi connectivity index (χ4n) is 6.03. The van der Waals surface area contributed by atoms with Gasteiger partial charge in [0.2, 0.25) is 0 Å². The molecule has 3 aromatic carbocycles. The van der Waals surface area contributed by atoms with Gasteiger partial charge in [-0.2, -0.15) is 0 Å². The van der Waals surface area contributed by atoms with E-state index in [0.29, 0.717) is 0 Å². The average Bonchev–Trinajstić information content (AvgIpc) is 3.12. The molecule has 4 nitrogen and oxygen atoms in total. The van der Waals surface area contributed by atoms with Gasteiger partial charge in [0.15, 0.2) is 0 Å².